The van der Waals surface area contributed by atoms with Crippen LogP contribution in [0.5, 0.6) is 0 Å². The van der Waals surface area contributed by atoms with Crippen LogP contribution in [0.2, 0.25) is 0 Å². The third kappa shape index (κ3) is 1.92. The molecule has 0 radical (unpaired) electrons. The van der Waals surface area contributed by atoms with Crippen LogP contribution in [0.4, 0.5) is 0 Å². The van der Waals surface area contributed by atoms with Crippen LogP contribution >= 0.6 is 23.2 Å². The Morgan fingerprint density at radius 3 is 2.62 bits per heavy atom. The van der Waals surface area contributed by atoms with E-state index in [1.165, 1.54) is 0 Å². The van der Waals surface area contributed by atoms with E-state index in [1.54, 1.807) is 0 Å². The molecular formula is C12H17Cl2NO. The average molecular weight is 262 g/mol. The van der Waals surface area contributed by atoms with Crippen molar-refractivity contribution in [2.75, 3.05) is 6.54 Å². The van der Waals surface area contributed by atoms with Crippen LogP contribution in [-0.2, 0) is 0 Å². The summed E-state index contributed by atoms with van der Waals surface area (Å²) in [6, 6.07) is 0. The summed E-state index contributed by atoms with van der Waals surface area (Å²) in [5.74, 6) is 0.273. The Morgan fingerprint density at radius 2 is 2.19 bits per heavy atom. The first-order valence-electron chi connectivity index (χ1n) is 5.70. The highest BCUT2D eigenvalue weighted by Crippen LogP contribution is 2.53. The fraction of sp³-hybridized carbons (Fsp3) is 0.667. The Balaban J connectivity index is 2.16. The van der Waals surface area contributed by atoms with Gasteiger partial charge < -0.3 is 10.8 Å². The molecule has 16 heavy (non-hydrogen) atoms. The lowest BCUT2D eigenvalue weighted by Crippen LogP contribution is -2.50. The summed E-state index contributed by atoms with van der Waals surface area (Å²) in [6.07, 6.45) is 7.44. The van der Waals surface area contributed by atoms with Crippen molar-refractivity contribution >= 4 is 23.2 Å². The quantitative estimate of drug-likeness (QED) is 0.821. The number of aliphatic hydroxyl groups is 1. The number of rotatable bonds is 3. The Morgan fingerprint density at radius 1 is 1.50 bits per heavy atom. The smallest absolute Gasteiger partial charge is 0.0724 e. The fourth-order valence-corrected chi connectivity index (χ4v) is 3.19. The molecule has 0 amide bonds. The molecule has 0 saturated heterocycles. The molecule has 0 aromatic heterocycles. The maximum absolute atomic E-state index is 10.1. The number of halogens is 2. The number of hydrogen-bond acceptors (Lipinski definition) is 2. The summed E-state index contributed by atoms with van der Waals surface area (Å²) in [5.41, 5.74) is 5.52. The summed E-state index contributed by atoms with van der Waals surface area (Å²) in [4.78, 5) is 0. The van der Waals surface area contributed by atoms with Gasteiger partial charge in [0, 0.05) is 17.0 Å². The molecule has 3 N–H and O–H groups in total. The Labute approximate surface area is 106 Å². The molecule has 1 saturated carbocycles. The molecule has 4 heteroatoms. The van der Waals surface area contributed by atoms with Crippen molar-refractivity contribution in [2.24, 2.45) is 17.1 Å². The highest BCUT2D eigenvalue weighted by molar-refractivity contribution is 6.40. The maximum Gasteiger partial charge on any atom is 0.0724 e. The predicted molar refractivity (Wildman–Crippen MR) is 67.3 cm³/mol. The van der Waals surface area contributed by atoms with Gasteiger partial charge in [-0.15, -0.1) is 0 Å². The molecule has 0 heterocycles. The average Bonchev–Trinajstić information content (AvgIpc) is 2.21. The van der Waals surface area contributed by atoms with Gasteiger partial charge in [-0.25, -0.2) is 0 Å². The summed E-state index contributed by atoms with van der Waals surface area (Å²) in [5, 5.41) is 11.4. The van der Waals surface area contributed by atoms with E-state index in [9.17, 15) is 5.11 Å². The molecule has 1 fully saturated rings. The normalized spacial score (nSPS) is 30.1. The van der Waals surface area contributed by atoms with Gasteiger partial charge in [-0.1, -0.05) is 35.7 Å². The molecule has 0 aromatic rings. The standard InChI is InChI=1S/C12H17Cl2NO/c13-9-3-2-8(6-10(9)14)12(4-1-5-12)11(16)7-15/h2-3,8,11,16H,1,4-7,15H2. The summed E-state index contributed by atoms with van der Waals surface area (Å²) >= 11 is 12.0. The zero-order valence-corrected chi connectivity index (χ0v) is 10.6. The van der Waals surface area contributed by atoms with E-state index in [2.05, 4.69) is 6.08 Å². The van der Waals surface area contributed by atoms with Crippen LogP contribution in [-0.4, -0.2) is 17.8 Å². The molecular weight excluding hydrogens is 245 g/mol. The first-order valence-corrected chi connectivity index (χ1v) is 6.46. The third-order valence-electron chi connectivity index (χ3n) is 4.04. The van der Waals surface area contributed by atoms with E-state index in [4.69, 9.17) is 28.9 Å². The van der Waals surface area contributed by atoms with Crippen molar-refractivity contribution in [3.63, 3.8) is 0 Å². The molecule has 2 nitrogen and oxygen atoms in total. The largest absolute Gasteiger partial charge is 0.391 e. The first kappa shape index (κ1) is 12.4. The highest BCUT2D eigenvalue weighted by atomic mass is 35.5. The Bertz CT molecular complexity index is 334. The molecule has 0 bridgehead atoms. The lowest BCUT2D eigenvalue weighted by atomic mass is 9.56. The van der Waals surface area contributed by atoms with E-state index < -0.39 is 6.10 Å². The number of aliphatic hydroxyl groups excluding tert-OH is 1. The monoisotopic (exact) mass is 261 g/mol. The topological polar surface area (TPSA) is 46.2 Å². The summed E-state index contributed by atoms with van der Waals surface area (Å²) in [6.45, 7) is 0.319. The van der Waals surface area contributed by atoms with E-state index in [-0.39, 0.29) is 11.3 Å². The molecule has 0 aliphatic heterocycles. The molecule has 90 valence electrons. The van der Waals surface area contributed by atoms with Gasteiger partial charge in [0.15, 0.2) is 0 Å². The van der Waals surface area contributed by atoms with Gasteiger partial charge >= 0.3 is 0 Å². The van der Waals surface area contributed by atoms with Crippen molar-refractivity contribution in [1.82, 2.24) is 0 Å². The second-order valence-corrected chi connectivity index (χ2v) is 5.62. The second-order valence-electron chi connectivity index (χ2n) is 4.76. The van der Waals surface area contributed by atoms with Crippen molar-refractivity contribution in [1.29, 1.82) is 0 Å². The molecule has 2 rings (SSSR count). The van der Waals surface area contributed by atoms with Gasteiger partial charge in [-0.2, -0.15) is 0 Å². The van der Waals surface area contributed by atoms with Crippen LogP contribution in [0.25, 0.3) is 0 Å². The van der Waals surface area contributed by atoms with E-state index in [0.29, 0.717) is 16.6 Å². The third-order valence-corrected chi connectivity index (χ3v) is 4.85. The van der Waals surface area contributed by atoms with E-state index in [0.717, 1.165) is 25.7 Å². The minimum atomic E-state index is -0.433. The predicted octanol–water partition coefficient (Wildman–Crippen LogP) is 2.74. The fourth-order valence-electron chi connectivity index (χ4n) is 2.82. The molecule has 2 atom stereocenters. The van der Waals surface area contributed by atoms with Crippen molar-refractivity contribution < 1.29 is 5.11 Å². The van der Waals surface area contributed by atoms with Gasteiger partial charge in [0.2, 0.25) is 0 Å². The molecule has 2 aliphatic rings. The SMILES string of the molecule is NCC(O)C1(C2C=CC(Cl)=C(Cl)C2)CCC1. The van der Waals surface area contributed by atoms with Gasteiger partial charge in [-0.05, 0) is 31.3 Å². The van der Waals surface area contributed by atoms with E-state index in [1.807, 2.05) is 6.08 Å². The van der Waals surface area contributed by atoms with Crippen LogP contribution in [0.1, 0.15) is 25.7 Å². The van der Waals surface area contributed by atoms with Crippen LogP contribution in [0, 0.1) is 11.3 Å². The zero-order valence-electron chi connectivity index (χ0n) is 9.13. The van der Waals surface area contributed by atoms with Gasteiger partial charge in [0.25, 0.3) is 0 Å². The summed E-state index contributed by atoms with van der Waals surface area (Å²) in [7, 11) is 0. The first-order chi connectivity index (χ1) is 7.60. The van der Waals surface area contributed by atoms with Crippen LogP contribution in [0.15, 0.2) is 22.2 Å². The minimum Gasteiger partial charge on any atom is -0.391 e. The van der Waals surface area contributed by atoms with Crippen molar-refractivity contribution in [3.8, 4) is 0 Å². The maximum atomic E-state index is 10.1. The van der Waals surface area contributed by atoms with Crippen molar-refractivity contribution in [3.05, 3.63) is 22.2 Å². The van der Waals surface area contributed by atoms with Crippen molar-refractivity contribution in [2.45, 2.75) is 31.8 Å². The molecule has 2 unspecified atom stereocenters. The number of allylic oxidation sites excluding steroid dienone is 4. The van der Waals surface area contributed by atoms with Gasteiger partial charge in [-0.3, -0.25) is 0 Å². The number of nitrogens with two attached hydrogens (primary N) is 1. The van der Waals surface area contributed by atoms with Gasteiger partial charge in [0.05, 0.1) is 11.1 Å². The lowest BCUT2D eigenvalue weighted by Gasteiger charge is -2.50. The number of hydrogen-bond donors (Lipinski definition) is 2. The molecule has 2 aliphatic carbocycles. The zero-order chi connectivity index (χ0) is 11.8. The second kappa shape index (κ2) is 4.69. The molecule has 0 spiro atoms. The van der Waals surface area contributed by atoms with Crippen LogP contribution < -0.4 is 5.73 Å². The van der Waals surface area contributed by atoms with Gasteiger partial charge in [0.1, 0.15) is 0 Å². The lowest BCUT2D eigenvalue weighted by molar-refractivity contribution is -0.0602. The highest BCUT2D eigenvalue weighted by Gasteiger charge is 2.48. The van der Waals surface area contributed by atoms with Crippen LogP contribution in [0.3, 0.4) is 0 Å². The summed E-state index contributed by atoms with van der Waals surface area (Å²) < 4.78 is 0. The Kier molecular flexibility index (Phi) is 3.65. The molecule has 0 aromatic carbocycles. The minimum absolute atomic E-state index is 0.0665. The van der Waals surface area contributed by atoms with E-state index >= 15 is 0 Å². The Hall–Kier alpha value is -0.0200.